The lowest BCUT2D eigenvalue weighted by atomic mass is 10.1. The first kappa shape index (κ1) is 12.0. The molecule has 0 spiro atoms. The van der Waals surface area contributed by atoms with E-state index in [0.29, 0.717) is 6.10 Å². The molecule has 0 aliphatic carbocycles. The Morgan fingerprint density at radius 3 is 3.00 bits per heavy atom. The van der Waals surface area contributed by atoms with Crippen LogP contribution >= 0.6 is 0 Å². The SMILES string of the molecule is COC(C)CN1CCCC1CCCN. The molecule has 0 saturated carbocycles. The van der Waals surface area contributed by atoms with E-state index in [1.54, 1.807) is 7.11 Å². The van der Waals surface area contributed by atoms with Gasteiger partial charge in [-0.1, -0.05) is 0 Å². The van der Waals surface area contributed by atoms with Crippen LogP contribution in [0.3, 0.4) is 0 Å². The number of methoxy groups -OCH3 is 1. The van der Waals surface area contributed by atoms with Gasteiger partial charge < -0.3 is 10.5 Å². The summed E-state index contributed by atoms with van der Waals surface area (Å²) in [5.74, 6) is 0. The van der Waals surface area contributed by atoms with Crippen molar-refractivity contribution in [3.63, 3.8) is 0 Å². The minimum atomic E-state index is 0.355. The van der Waals surface area contributed by atoms with Gasteiger partial charge in [-0.2, -0.15) is 0 Å². The maximum absolute atomic E-state index is 5.54. The molecule has 2 atom stereocenters. The normalized spacial score (nSPS) is 25.5. The number of ether oxygens (including phenoxy) is 1. The maximum atomic E-state index is 5.54. The molecule has 3 heteroatoms. The summed E-state index contributed by atoms with van der Waals surface area (Å²) in [6, 6.07) is 0.760. The van der Waals surface area contributed by atoms with E-state index in [1.165, 1.54) is 25.8 Å². The number of rotatable bonds is 6. The topological polar surface area (TPSA) is 38.5 Å². The second-order valence-corrected chi connectivity index (χ2v) is 4.27. The third-order valence-corrected chi connectivity index (χ3v) is 3.13. The van der Waals surface area contributed by atoms with Gasteiger partial charge >= 0.3 is 0 Å². The first-order valence-corrected chi connectivity index (χ1v) is 5.74. The smallest absolute Gasteiger partial charge is 0.0670 e. The molecular formula is C11H24N2O. The van der Waals surface area contributed by atoms with E-state index in [9.17, 15) is 0 Å². The van der Waals surface area contributed by atoms with E-state index in [-0.39, 0.29) is 0 Å². The van der Waals surface area contributed by atoms with E-state index < -0.39 is 0 Å². The van der Waals surface area contributed by atoms with Crippen LogP contribution in [0, 0.1) is 0 Å². The summed E-state index contributed by atoms with van der Waals surface area (Å²) in [4.78, 5) is 2.56. The van der Waals surface area contributed by atoms with E-state index in [0.717, 1.165) is 25.6 Å². The highest BCUT2D eigenvalue weighted by Gasteiger charge is 2.24. The van der Waals surface area contributed by atoms with Crippen molar-refractivity contribution >= 4 is 0 Å². The average molecular weight is 200 g/mol. The Balaban J connectivity index is 2.27. The summed E-state index contributed by atoms with van der Waals surface area (Å²) in [5.41, 5.74) is 5.54. The molecule has 84 valence electrons. The molecule has 0 aromatic heterocycles. The maximum Gasteiger partial charge on any atom is 0.0670 e. The summed E-state index contributed by atoms with van der Waals surface area (Å²) in [6.07, 6.45) is 5.45. The molecule has 14 heavy (non-hydrogen) atoms. The monoisotopic (exact) mass is 200 g/mol. The lowest BCUT2D eigenvalue weighted by Gasteiger charge is -2.26. The summed E-state index contributed by atoms with van der Waals surface area (Å²) in [6.45, 7) is 5.27. The molecule has 1 rings (SSSR count). The van der Waals surface area contributed by atoms with Gasteiger partial charge in [-0.15, -0.1) is 0 Å². The van der Waals surface area contributed by atoms with E-state index >= 15 is 0 Å². The summed E-state index contributed by atoms with van der Waals surface area (Å²) < 4.78 is 5.30. The molecule has 0 bridgehead atoms. The predicted octanol–water partition coefficient (Wildman–Crippen LogP) is 1.22. The second kappa shape index (κ2) is 6.38. The van der Waals surface area contributed by atoms with Crippen molar-refractivity contribution in [2.75, 3.05) is 26.7 Å². The lowest BCUT2D eigenvalue weighted by Crippen LogP contribution is -2.36. The fourth-order valence-corrected chi connectivity index (χ4v) is 2.22. The largest absolute Gasteiger partial charge is 0.380 e. The van der Waals surface area contributed by atoms with Crippen LogP contribution in [0.15, 0.2) is 0 Å². The third kappa shape index (κ3) is 3.56. The van der Waals surface area contributed by atoms with Crippen LogP contribution in [0.4, 0.5) is 0 Å². The van der Waals surface area contributed by atoms with Crippen LogP contribution in [0.5, 0.6) is 0 Å². The number of nitrogens with zero attached hydrogens (tertiary/aromatic N) is 1. The first-order chi connectivity index (χ1) is 6.77. The van der Waals surface area contributed by atoms with Crippen molar-refractivity contribution in [3.05, 3.63) is 0 Å². The molecule has 0 aromatic carbocycles. The minimum absolute atomic E-state index is 0.355. The molecule has 1 saturated heterocycles. The van der Waals surface area contributed by atoms with Gasteiger partial charge in [0.1, 0.15) is 0 Å². The molecule has 1 aliphatic heterocycles. The second-order valence-electron chi connectivity index (χ2n) is 4.27. The Kier molecular flexibility index (Phi) is 5.45. The van der Waals surface area contributed by atoms with E-state index in [1.807, 2.05) is 0 Å². The van der Waals surface area contributed by atoms with Crippen LogP contribution < -0.4 is 5.73 Å². The lowest BCUT2D eigenvalue weighted by molar-refractivity contribution is 0.0710. The summed E-state index contributed by atoms with van der Waals surface area (Å²) in [5, 5.41) is 0. The van der Waals surface area contributed by atoms with Gasteiger partial charge in [0.25, 0.3) is 0 Å². The van der Waals surface area contributed by atoms with Gasteiger partial charge in [-0.05, 0) is 45.7 Å². The highest BCUT2D eigenvalue weighted by molar-refractivity contribution is 4.80. The van der Waals surface area contributed by atoms with E-state index in [4.69, 9.17) is 10.5 Å². The number of hydrogen-bond donors (Lipinski definition) is 1. The molecule has 1 heterocycles. The van der Waals surface area contributed by atoms with Crippen molar-refractivity contribution in [3.8, 4) is 0 Å². The van der Waals surface area contributed by atoms with Crippen LogP contribution in [0.25, 0.3) is 0 Å². The van der Waals surface area contributed by atoms with Gasteiger partial charge in [-0.25, -0.2) is 0 Å². The Morgan fingerprint density at radius 2 is 2.36 bits per heavy atom. The average Bonchev–Trinajstić information content (AvgIpc) is 2.62. The van der Waals surface area contributed by atoms with Crippen molar-refractivity contribution in [1.29, 1.82) is 0 Å². The minimum Gasteiger partial charge on any atom is -0.380 e. The molecule has 2 N–H and O–H groups in total. The van der Waals surface area contributed by atoms with Crippen LogP contribution in [-0.4, -0.2) is 43.8 Å². The molecule has 1 aliphatic rings. The zero-order valence-electron chi connectivity index (χ0n) is 9.54. The fraction of sp³-hybridized carbons (Fsp3) is 1.00. The van der Waals surface area contributed by atoms with Crippen molar-refractivity contribution in [2.45, 2.75) is 44.8 Å². The number of likely N-dealkylation sites (tertiary alicyclic amines) is 1. The molecule has 2 unspecified atom stereocenters. The zero-order valence-corrected chi connectivity index (χ0v) is 9.54. The standard InChI is InChI=1S/C11H24N2O/c1-10(14-2)9-13-8-4-6-11(13)5-3-7-12/h10-11H,3-9,12H2,1-2H3. The van der Waals surface area contributed by atoms with Crippen molar-refractivity contribution in [1.82, 2.24) is 4.90 Å². The molecule has 0 aromatic rings. The van der Waals surface area contributed by atoms with E-state index in [2.05, 4.69) is 11.8 Å². The zero-order chi connectivity index (χ0) is 10.4. The fourth-order valence-electron chi connectivity index (χ4n) is 2.22. The molecule has 0 radical (unpaired) electrons. The first-order valence-electron chi connectivity index (χ1n) is 5.74. The highest BCUT2D eigenvalue weighted by Crippen LogP contribution is 2.21. The molecule has 0 amide bonds. The Hall–Kier alpha value is -0.120. The summed E-state index contributed by atoms with van der Waals surface area (Å²) in [7, 11) is 1.79. The predicted molar refractivity (Wildman–Crippen MR) is 59.4 cm³/mol. The molecule has 1 fully saturated rings. The Bertz CT molecular complexity index is 152. The van der Waals surface area contributed by atoms with Gasteiger partial charge in [0.15, 0.2) is 0 Å². The van der Waals surface area contributed by atoms with Crippen molar-refractivity contribution < 1.29 is 4.74 Å². The third-order valence-electron chi connectivity index (χ3n) is 3.13. The van der Waals surface area contributed by atoms with Crippen LogP contribution in [0.2, 0.25) is 0 Å². The van der Waals surface area contributed by atoms with Gasteiger partial charge in [-0.3, -0.25) is 4.90 Å². The van der Waals surface area contributed by atoms with Gasteiger partial charge in [0, 0.05) is 19.7 Å². The number of hydrogen-bond acceptors (Lipinski definition) is 3. The Labute approximate surface area is 87.6 Å². The molecular weight excluding hydrogens is 176 g/mol. The summed E-state index contributed by atoms with van der Waals surface area (Å²) >= 11 is 0. The number of nitrogens with two attached hydrogens (primary N) is 1. The highest BCUT2D eigenvalue weighted by atomic mass is 16.5. The quantitative estimate of drug-likeness (QED) is 0.701. The molecule has 3 nitrogen and oxygen atoms in total. The van der Waals surface area contributed by atoms with Crippen LogP contribution in [0.1, 0.15) is 32.6 Å². The Morgan fingerprint density at radius 1 is 1.57 bits per heavy atom. The van der Waals surface area contributed by atoms with Gasteiger partial charge in [0.2, 0.25) is 0 Å². The van der Waals surface area contributed by atoms with Crippen molar-refractivity contribution in [2.24, 2.45) is 5.73 Å². The van der Waals surface area contributed by atoms with Gasteiger partial charge in [0.05, 0.1) is 6.10 Å². The van der Waals surface area contributed by atoms with Crippen LogP contribution in [-0.2, 0) is 4.74 Å².